The fourth-order valence-electron chi connectivity index (χ4n) is 3.25. The Labute approximate surface area is 127 Å². The van der Waals surface area contributed by atoms with E-state index < -0.39 is 0 Å². The number of hydrogen-bond acceptors (Lipinski definition) is 3. The molecule has 1 fully saturated rings. The standard InChI is InChI=1S/C18H26O3/c1-13-9-18(21-3)15(12-17(13)20-2)11-16(19)10-14-7-5-4-6-8-14/h9,12,14H,4-8,10-11H2,1-3H3. The van der Waals surface area contributed by atoms with Gasteiger partial charge in [0.1, 0.15) is 17.3 Å². The third-order valence-corrected chi connectivity index (χ3v) is 4.43. The maximum absolute atomic E-state index is 12.3. The van der Waals surface area contributed by atoms with Crippen molar-refractivity contribution in [3.63, 3.8) is 0 Å². The maximum atomic E-state index is 12.3. The summed E-state index contributed by atoms with van der Waals surface area (Å²) in [6, 6.07) is 3.88. The zero-order chi connectivity index (χ0) is 15.2. The van der Waals surface area contributed by atoms with Crippen LogP contribution in [0.25, 0.3) is 0 Å². The molecule has 2 rings (SSSR count). The number of aryl methyl sites for hydroxylation is 1. The average molecular weight is 290 g/mol. The molecule has 0 spiro atoms. The molecule has 116 valence electrons. The highest BCUT2D eigenvalue weighted by Gasteiger charge is 2.19. The van der Waals surface area contributed by atoms with Crippen LogP contribution in [0.4, 0.5) is 0 Å². The van der Waals surface area contributed by atoms with Gasteiger partial charge in [0, 0.05) is 18.4 Å². The fraction of sp³-hybridized carbons (Fsp3) is 0.611. The lowest BCUT2D eigenvalue weighted by molar-refractivity contribution is -0.119. The van der Waals surface area contributed by atoms with E-state index in [0.29, 0.717) is 24.5 Å². The molecule has 0 radical (unpaired) electrons. The quantitative estimate of drug-likeness (QED) is 0.791. The van der Waals surface area contributed by atoms with Gasteiger partial charge in [0.25, 0.3) is 0 Å². The van der Waals surface area contributed by atoms with Gasteiger partial charge in [-0.05, 0) is 30.5 Å². The summed E-state index contributed by atoms with van der Waals surface area (Å²) in [5, 5.41) is 0. The number of rotatable bonds is 6. The smallest absolute Gasteiger partial charge is 0.137 e. The van der Waals surface area contributed by atoms with E-state index in [1.165, 1.54) is 32.1 Å². The lowest BCUT2D eigenvalue weighted by atomic mass is 9.85. The van der Waals surface area contributed by atoms with E-state index in [-0.39, 0.29) is 0 Å². The number of hydrogen-bond donors (Lipinski definition) is 0. The van der Waals surface area contributed by atoms with Gasteiger partial charge in [0.2, 0.25) is 0 Å². The van der Waals surface area contributed by atoms with Gasteiger partial charge in [0.05, 0.1) is 14.2 Å². The Morgan fingerprint density at radius 1 is 1.10 bits per heavy atom. The van der Waals surface area contributed by atoms with E-state index in [2.05, 4.69) is 0 Å². The van der Waals surface area contributed by atoms with Gasteiger partial charge >= 0.3 is 0 Å². The van der Waals surface area contributed by atoms with Crippen LogP contribution in [0.5, 0.6) is 11.5 Å². The van der Waals surface area contributed by atoms with Gasteiger partial charge < -0.3 is 9.47 Å². The first-order valence-electron chi connectivity index (χ1n) is 7.87. The van der Waals surface area contributed by atoms with Crippen LogP contribution in [0.15, 0.2) is 12.1 Å². The molecule has 1 aliphatic rings. The largest absolute Gasteiger partial charge is 0.496 e. The predicted octanol–water partition coefficient (Wildman–Crippen LogP) is 4.09. The number of ether oxygens (including phenoxy) is 2. The first-order chi connectivity index (χ1) is 10.1. The molecular weight excluding hydrogens is 264 g/mol. The van der Waals surface area contributed by atoms with Crippen LogP contribution in [0.2, 0.25) is 0 Å². The number of methoxy groups -OCH3 is 2. The van der Waals surface area contributed by atoms with Crippen molar-refractivity contribution in [3.8, 4) is 11.5 Å². The molecule has 0 amide bonds. The molecule has 0 unspecified atom stereocenters. The molecular formula is C18H26O3. The second-order valence-corrected chi connectivity index (χ2v) is 6.06. The van der Waals surface area contributed by atoms with Crippen molar-refractivity contribution in [3.05, 3.63) is 23.3 Å². The van der Waals surface area contributed by atoms with Crippen LogP contribution in [-0.4, -0.2) is 20.0 Å². The summed E-state index contributed by atoms with van der Waals surface area (Å²) in [5.74, 6) is 2.50. The molecule has 0 saturated heterocycles. The summed E-state index contributed by atoms with van der Waals surface area (Å²) in [6.45, 7) is 1.98. The number of carbonyl (C=O) groups excluding carboxylic acids is 1. The molecule has 21 heavy (non-hydrogen) atoms. The molecule has 0 bridgehead atoms. The zero-order valence-corrected chi connectivity index (χ0v) is 13.4. The summed E-state index contributed by atoms with van der Waals surface area (Å²) in [4.78, 5) is 12.3. The Bertz CT molecular complexity index is 487. The number of carbonyl (C=O) groups is 1. The topological polar surface area (TPSA) is 35.5 Å². The highest BCUT2D eigenvalue weighted by molar-refractivity contribution is 5.82. The van der Waals surface area contributed by atoms with Crippen molar-refractivity contribution in [2.45, 2.75) is 51.9 Å². The zero-order valence-electron chi connectivity index (χ0n) is 13.4. The van der Waals surface area contributed by atoms with Crippen molar-refractivity contribution in [2.75, 3.05) is 14.2 Å². The third-order valence-electron chi connectivity index (χ3n) is 4.43. The summed E-state index contributed by atoms with van der Waals surface area (Å²) >= 11 is 0. The SMILES string of the molecule is COc1cc(CC(=O)CC2CCCCC2)c(OC)cc1C. The van der Waals surface area contributed by atoms with Gasteiger partial charge in [-0.1, -0.05) is 32.1 Å². The highest BCUT2D eigenvalue weighted by atomic mass is 16.5. The normalized spacial score (nSPS) is 15.8. The molecule has 1 aromatic carbocycles. The van der Waals surface area contributed by atoms with E-state index in [4.69, 9.17) is 9.47 Å². The van der Waals surface area contributed by atoms with Crippen molar-refractivity contribution in [1.29, 1.82) is 0 Å². The minimum atomic E-state index is 0.311. The molecule has 0 aromatic heterocycles. The molecule has 3 nitrogen and oxygen atoms in total. The van der Waals surface area contributed by atoms with Crippen LogP contribution in [0, 0.1) is 12.8 Å². The summed E-state index contributed by atoms with van der Waals surface area (Å²) in [6.07, 6.45) is 7.45. The third kappa shape index (κ3) is 4.23. The first kappa shape index (κ1) is 15.9. The van der Waals surface area contributed by atoms with Gasteiger partial charge in [-0.25, -0.2) is 0 Å². The van der Waals surface area contributed by atoms with Crippen LogP contribution in [0.3, 0.4) is 0 Å². The lowest BCUT2D eigenvalue weighted by Gasteiger charge is -2.21. The van der Waals surface area contributed by atoms with Crippen LogP contribution >= 0.6 is 0 Å². The molecule has 0 N–H and O–H groups in total. The Kier molecular flexibility index (Phi) is 5.66. The van der Waals surface area contributed by atoms with E-state index in [1.807, 2.05) is 19.1 Å². The summed E-state index contributed by atoms with van der Waals surface area (Å²) < 4.78 is 10.8. The molecule has 0 heterocycles. The molecule has 0 aliphatic heterocycles. The Morgan fingerprint density at radius 2 is 1.76 bits per heavy atom. The van der Waals surface area contributed by atoms with E-state index in [1.54, 1.807) is 14.2 Å². The van der Waals surface area contributed by atoms with Crippen molar-refractivity contribution >= 4 is 5.78 Å². The molecule has 1 saturated carbocycles. The first-order valence-corrected chi connectivity index (χ1v) is 7.87. The fourth-order valence-corrected chi connectivity index (χ4v) is 3.25. The molecule has 1 aliphatic carbocycles. The maximum Gasteiger partial charge on any atom is 0.137 e. The predicted molar refractivity (Wildman–Crippen MR) is 84.2 cm³/mol. The minimum absolute atomic E-state index is 0.311. The number of benzene rings is 1. The molecule has 0 atom stereocenters. The van der Waals surface area contributed by atoms with Gasteiger partial charge in [-0.15, -0.1) is 0 Å². The van der Waals surface area contributed by atoms with E-state index in [9.17, 15) is 4.79 Å². The number of Topliss-reactive ketones (excluding diaryl/α,β-unsaturated/α-hetero) is 1. The average Bonchev–Trinajstić information content (AvgIpc) is 2.49. The number of ketones is 1. The summed E-state index contributed by atoms with van der Waals surface area (Å²) in [5.41, 5.74) is 1.96. The van der Waals surface area contributed by atoms with E-state index in [0.717, 1.165) is 22.6 Å². The lowest BCUT2D eigenvalue weighted by Crippen LogP contribution is -2.14. The van der Waals surface area contributed by atoms with Crippen LogP contribution in [-0.2, 0) is 11.2 Å². The van der Waals surface area contributed by atoms with Gasteiger partial charge in [-0.2, -0.15) is 0 Å². The second-order valence-electron chi connectivity index (χ2n) is 6.06. The van der Waals surface area contributed by atoms with Gasteiger partial charge in [-0.3, -0.25) is 4.79 Å². The van der Waals surface area contributed by atoms with Crippen LogP contribution < -0.4 is 9.47 Å². The second kappa shape index (κ2) is 7.48. The monoisotopic (exact) mass is 290 g/mol. The molecule has 3 heteroatoms. The van der Waals surface area contributed by atoms with Gasteiger partial charge in [0.15, 0.2) is 0 Å². The van der Waals surface area contributed by atoms with Crippen molar-refractivity contribution < 1.29 is 14.3 Å². The van der Waals surface area contributed by atoms with Crippen LogP contribution in [0.1, 0.15) is 49.7 Å². The summed E-state index contributed by atoms with van der Waals surface area (Å²) in [7, 11) is 3.30. The van der Waals surface area contributed by atoms with E-state index >= 15 is 0 Å². The Morgan fingerprint density at radius 3 is 2.38 bits per heavy atom. The van der Waals surface area contributed by atoms with Crippen molar-refractivity contribution in [2.24, 2.45) is 5.92 Å². The molecule has 1 aromatic rings. The minimum Gasteiger partial charge on any atom is -0.496 e. The highest BCUT2D eigenvalue weighted by Crippen LogP contribution is 2.30. The van der Waals surface area contributed by atoms with Crippen molar-refractivity contribution in [1.82, 2.24) is 0 Å². The Balaban J connectivity index is 2.05. The Hall–Kier alpha value is -1.51.